The predicted octanol–water partition coefficient (Wildman–Crippen LogP) is 2.02. The summed E-state index contributed by atoms with van der Waals surface area (Å²) in [7, 11) is -4.62. The lowest BCUT2D eigenvalue weighted by Crippen LogP contribution is -2.14. The minimum Gasteiger partial charge on any atom is -0.378 e. The molecule has 1 aromatic carbocycles. The molecular formula is C11H11F2N3O2S. The molecule has 1 heterocycles. The van der Waals surface area contributed by atoms with Gasteiger partial charge < -0.3 is 10.3 Å². The van der Waals surface area contributed by atoms with Gasteiger partial charge in [0.15, 0.2) is 0 Å². The zero-order valence-corrected chi connectivity index (χ0v) is 10.5. The highest BCUT2D eigenvalue weighted by molar-refractivity contribution is 7.91. The highest BCUT2D eigenvalue weighted by Crippen LogP contribution is 2.26. The Kier molecular flexibility index (Phi) is 3.79. The molecule has 2 rings (SSSR count). The van der Waals surface area contributed by atoms with Gasteiger partial charge in [0.25, 0.3) is 0 Å². The molecule has 0 bridgehead atoms. The average molecular weight is 287 g/mol. The molecule has 5 nitrogen and oxygen atoms in total. The van der Waals surface area contributed by atoms with E-state index in [1.165, 1.54) is 18.5 Å². The van der Waals surface area contributed by atoms with Crippen molar-refractivity contribution >= 4 is 15.5 Å². The van der Waals surface area contributed by atoms with E-state index in [4.69, 9.17) is 0 Å². The molecule has 2 N–H and O–H groups in total. The van der Waals surface area contributed by atoms with Gasteiger partial charge in [-0.05, 0) is 12.1 Å². The number of hydrogen-bond acceptors (Lipinski definition) is 4. The zero-order chi connectivity index (χ0) is 13.9. The Hall–Kier alpha value is -1.96. The largest absolute Gasteiger partial charge is 0.378 e. The van der Waals surface area contributed by atoms with E-state index < -0.39 is 20.5 Å². The fourth-order valence-corrected chi connectivity index (χ4v) is 2.44. The Morgan fingerprint density at radius 2 is 2.05 bits per heavy atom. The third-order valence-corrected chi connectivity index (χ3v) is 3.89. The van der Waals surface area contributed by atoms with Crippen LogP contribution in [0.3, 0.4) is 0 Å². The van der Waals surface area contributed by atoms with Crippen LogP contribution in [0.2, 0.25) is 0 Å². The van der Waals surface area contributed by atoms with Crippen molar-refractivity contribution < 1.29 is 17.2 Å². The van der Waals surface area contributed by atoms with Crippen LogP contribution in [0, 0.1) is 0 Å². The van der Waals surface area contributed by atoms with E-state index in [2.05, 4.69) is 15.3 Å². The molecule has 0 aliphatic carbocycles. The molecule has 0 fully saturated rings. The van der Waals surface area contributed by atoms with E-state index in [1.54, 1.807) is 12.3 Å². The highest BCUT2D eigenvalue weighted by Gasteiger charge is 2.28. The van der Waals surface area contributed by atoms with Gasteiger partial charge in [-0.1, -0.05) is 12.1 Å². The summed E-state index contributed by atoms with van der Waals surface area (Å²) in [5.41, 5.74) is 0.849. The van der Waals surface area contributed by atoms with Crippen molar-refractivity contribution in [2.75, 3.05) is 5.32 Å². The molecule has 19 heavy (non-hydrogen) atoms. The number of H-pyrrole nitrogens is 1. The molecule has 0 spiro atoms. The van der Waals surface area contributed by atoms with Crippen LogP contribution >= 0.6 is 0 Å². The summed E-state index contributed by atoms with van der Waals surface area (Å²) in [6.07, 6.45) is 3.02. The highest BCUT2D eigenvalue weighted by atomic mass is 32.2. The third-order valence-electron chi connectivity index (χ3n) is 2.45. The second-order valence-corrected chi connectivity index (χ2v) is 5.62. The van der Waals surface area contributed by atoms with Gasteiger partial charge in [-0.15, -0.1) is 0 Å². The lowest BCUT2D eigenvalue weighted by molar-refractivity contribution is 0.235. The fourth-order valence-electron chi connectivity index (χ4n) is 1.53. The number of imidazole rings is 1. The smallest absolute Gasteiger partial charge is 0.341 e. The first kappa shape index (κ1) is 13.5. The minimum absolute atomic E-state index is 0.136. The third kappa shape index (κ3) is 2.90. The fraction of sp³-hybridized carbons (Fsp3) is 0.182. The average Bonchev–Trinajstić information content (AvgIpc) is 2.89. The summed E-state index contributed by atoms with van der Waals surface area (Å²) in [4.78, 5) is 6.20. The predicted molar refractivity (Wildman–Crippen MR) is 65.5 cm³/mol. The van der Waals surface area contributed by atoms with Gasteiger partial charge in [0.05, 0.1) is 29.1 Å². The van der Waals surface area contributed by atoms with Gasteiger partial charge in [-0.25, -0.2) is 13.4 Å². The second-order valence-electron chi connectivity index (χ2n) is 3.73. The normalized spacial score (nSPS) is 11.7. The van der Waals surface area contributed by atoms with Crippen molar-refractivity contribution in [1.82, 2.24) is 9.97 Å². The molecule has 0 aliphatic heterocycles. The van der Waals surface area contributed by atoms with E-state index >= 15 is 0 Å². The van der Waals surface area contributed by atoms with E-state index in [0.717, 1.165) is 6.07 Å². The van der Waals surface area contributed by atoms with Crippen LogP contribution in [0.25, 0.3) is 0 Å². The number of halogens is 2. The Morgan fingerprint density at radius 1 is 1.32 bits per heavy atom. The van der Waals surface area contributed by atoms with Crippen molar-refractivity contribution in [3.63, 3.8) is 0 Å². The molecule has 1 aromatic heterocycles. The number of sulfone groups is 1. The van der Waals surface area contributed by atoms with Gasteiger partial charge in [-0.2, -0.15) is 8.78 Å². The molecule has 8 heteroatoms. The number of nitrogens with one attached hydrogen (secondary N) is 2. The first-order chi connectivity index (χ1) is 9.01. The number of para-hydroxylation sites is 1. The van der Waals surface area contributed by atoms with Crippen molar-refractivity contribution in [2.24, 2.45) is 0 Å². The van der Waals surface area contributed by atoms with Crippen LogP contribution in [0.5, 0.6) is 0 Å². The number of aromatic amines is 1. The Labute approximate surface area is 108 Å². The Balaban J connectivity index is 2.27. The van der Waals surface area contributed by atoms with Crippen LogP contribution in [0.15, 0.2) is 41.7 Å². The molecule has 0 radical (unpaired) electrons. The number of alkyl halides is 2. The van der Waals surface area contributed by atoms with Crippen molar-refractivity contribution in [3.8, 4) is 0 Å². The van der Waals surface area contributed by atoms with Gasteiger partial charge in [-0.3, -0.25) is 0 Å². The first-order valence-electron chi connectivity index (χ1n) is 5.34. The van der Waals surface area contributed by atoms with Crippen LogP contribution in [-0.2, 0) is 16.4 Å². The van der Waals surface area contributed by atoms with E-state index in [1.807, 2.05) is 0 Å². The number of rotatable bonds is 5. The number of benzene rings is 1. The maximum atomic E-state index is 12.6. The van der Waals surface area contributed by atoms with Crippen molar-refractivity contribution in [2.45, 2.75) is 17.2 Å². The van der Waals surface area contributed by atoms with Crippen LogP contribution in [0.1, 0.15) is 5.69 Å². The SMILES string of the molecule is O=S(=O)(c1ccccc1NCc1cnc[nH]1)C(F)F. The van der Waals surface area contributed by atoms with E-state index in [0.29, 0.717) is 5.69 Å². The van der Waals surface area contributed by atoms with Crippen LogP contribution < -0.4 is 5.32 Å². The molecule has 102 valence electrons. The number of aromatic nitrogens is 2. The summed E-state index contributed by atoms with van der Waals surface area (Å²) in [6, 6.07) is 5.55. The molecule has 0 saturated carbocycles. The maximum absolute atomic E-state index is 12.6. The van der Waals surface area contributed by atoms with E-state index in [-0.39, 0.29) is 12.2 Å². The number of anilines is 1. The van der Waals surface area contributed by atoms with Gasteiger partial charge in [0, 0.05) is 6.20 Å². The van der Waals surface area contributed by atoms with E-state index in [9.17, 15) is 17.2 Å². The maximum Gasteiger partial charge on any atom is 0.341 e. The molecule has 0 atom stereocenters. The lowest BCUT2D eigenvalue weighted by atomic mass is 10.3. The Morgan fingerprint density at radius 3 is 2.68 bits per heavy atom. The number of nitrogens with zero attached hydrogens (tertiary/aromatic N) is 1. The monoisotopic (exact) mass is 287 g/mol. The quantitative estimate of drug-likeness (QED) is 0.882. The van der Waals surface area contributed by atoms with Gasteiger partial charge in [0.1, 0.15) is 0 Å². The summed E-state index contributed by atoms with van der Waals surface area (Å²) >= 11 is 0. The molecular weight excluding hydrogens is 276 g/mol. The Bertz CT molecular complexity index is 642. The first-order valence-corrected chi connectivity index (χ1v) is 6.88. The van der Waals surface area contributed by atoms with Gasteiger partial charge in [0.2, 0.25) is 9.84 Å². The molecule has 0 saturated heterocycles. The molecule has 0 unspecified atom stereocenters. The molecule has 0 amide bonds. The summed E-state index contributed by atoms with van der Waals surface area (Å²) in [6.45, 7) is 0.260. The van der Waals surface area contributed by atoms with Crippen molar-refractivity contribution in [3.05, 3.63) is 42.5 Å². The topological polar surface area (TPSA) is 74.8 Å². The lowest BCUT2D eigenvalue weighted by Gasteiger charge is -2.11. The zero-order valence-electron chi connectivity index (χ0n) is 9.68. The van der Waals surface area contributed by atoms with Crippen LogP contribution in [0.4, 0.5) is 14.5 Å². The molecule has 0 aliphatic rings. The minimum atomic E-state index is -4.62. The van der Waals surface area contributed by atoms with Crippen LogP contribution in [-0.4, -0.2) is 24.1 Å². The molecule has 2 aromatic rings. The second kappa shape index (κ2) is 5.35. The standard InChI is InChI=1S/C11H11F2N3O2S/c12-11(13)19(17,18)10-4-2-1-3-9(10)15-6-8-5-14-7-16-8/h1-5,7,11,15H,6H2,(H,14,16). The van der Waals surface area contributed by atoms with Gasteiger partial charge >= 0.3 is 5.76 Å². The summed E-state index contributed by atoms with van der Waals surface area (Å²) in [5.74, 6) is -3.44. The number of hydrogen-bond donors (Lipinski definition) is 2. The summed E-state index contributed by atoms with van der Waals surface area (Å²) in [5, 5.41) is 2.79. The summed E-state index contributed by atoms with van der Waals surface area (Å²) < 4.78 is 48.1. The van der Waals surface area contributed by atoms with Crippen molar-refractivity contribution in [1.29, 1.82) is 0 Å².